The van der Waals surface area contributed by atoms with Crippen LogP contribution in [0.3, 0.4) is 0 Å². The van der Waals surface area contributed by atoms with Gasteiger partial charge in [0.25, 0.3) is 5.56 Å². The minimum Gasteiger partial charge on any atom is -0.394 e. The molecular weight excluding hydrogens is 371 g/mol. The molecule has 27 heavy (non-hydrogen) atoms. The highest BCUT2D eigenvalue weighted by molar-refractivity contribution is 6.30. The van der Waals surface area contributed by atoms with E-state index in [1.165, 1.54) is 16.7 Å². The molecular formula is C20H18ClFN2O3. The van der Waals surface area contributed by atoms with Crippen molar-refractivity contribution < 1.29 is 14.3 Å². The third-order valence-electron chi connectivity index (χ3n) is 4.33. The van der Waals surface area contributed by atoms with Gasteiger partial charge in [-0.25, -0.2) is 4.39 Å². The minimum atomic E-state index is -0.578. The zero-order valence-corrected chi connectivity index (χ0v) is 15.3. The van der Waals surface area contributed by atoms with Crippen molar-refractivity contribution in [2.24, 2.45) is 0 Å². The van der Waals surface area contributed by atoms with Crippen molar-refractivity contribution in [2.75, 3.05) is 11.9 Å². The van der Waals surface area contributed by atoms with Crippen molar-refractivity contribution in [3.8, 4) is 0 Å². The first-order valence-corrected chi connectivity index (χ1v) is 8.77. The lowest BCUT2D eigenvalue weighted by Crippen LogP contribution is -2.25. The SMILES string of the molecule is C[C@H](CO)n1ccc2c(NC(=O)Cc3ccc(Cl)c(F)c3)cccc2c1=O. The molecule has 0 saturated heterocycles. The van der Waals surface area contributed by atoms with Gasteiger partial charge in [-0.05, 0) is 42.8 Å². The predicted molar refractivity (Wildman–Crippen MR) is 104 cm³/mol. The molecule has 0 bridgehead atoms. The van der Waals surface area contributed by atoms with Gasteiger partial charge >= 0.3 is 0 Å². The number of halogens is 2. The molecule has 1 atom stereocenters. The molecule has 0 aliphatic carbocycles. The lowest BCUT2D eigenvalue weighted by atomic mass is 10.1. The monoisotopic (exact) mass is 388 g/mol. The Labute approximate surface area is 160 Å². The lowest BCUT2D eigenvalue weighted by molar-refractivity contribution is -0.115. The Morgan fingerprint density at radius 1 is 1.26 bits per heavy atom. The van der Waals surface area contributed by atoms with Gasteiger partial charge in [-0.2, -0.15) is 0 Å². The Kier molecular flexibility index (Phi) is 5.58. The molecule has 0 aliphatic heterocycles. The van der Waals surface area contributed by atoms with Gasteiger partial charge in [0.15, 0.2) is 0 Å². The number of carbonyl (C=O) groups is 1. The summed E-state index contributed by atoms with van der Waals surface area (Å²) in [5.74, 6) is -0.914. The van der Waals surface area contributed by atoms with Crippen molar-refractivity contribution >= 4 is 34.0 Å². The van der Waals surface area contributed by atoms with Crippen molar-refractivity contribution in [1.82, 2.24) is 4.57 Å². The number of nitrogens with one attached hydrogen (secondary N) is 1. The molecule has 1 aromatic heterocycles. The Bertz CT molecular complexity index is 1060. The maximum absolute atomic E-state index is 13.5. The summed E-state index contributed by atoms with van der Waals surface area (Å²) in [7, 11) is 0. The summed E-state index contributed by atoms with van der Waals surface area (Å²) in [4.78, 5) is 25.0. The highest BCUT2D eigenvalue weighted by Crippen LogP contribution is 2.22. The van der Waals surface area contributed by atoms with Gasteiger partial charge in [0.05, 0.1) is 24.1 Å². The zero-order chi connectivity index (χ0) is 19.6. The van der Waals surface area contributed by atoms with Crippen LogP contribution in [0.1, 0.15) is 18.5 Å². The molecule has 0 saturated carbocycles. The number of aliphatic hydroxyl groups is 1. The van der Waals surface area contributed by atoms with Crippen LogP contribution < -0.4 is 10.9 Å². The summed E-state index contributed by atoms with van der Waals surface area (Å²) >= 11 is 5.65. The fourth-order valence-corrected chi connectivity index (χ4v) is 2.98. The van der Waals surface area contributed by atoms with Gasteiger partial charge in [0.2, 0.25) is 5.91 Å². The average Bonchev–Trinajstić information content (AvgIpc) is 2.65. The average molecular weight is 389 g/mol. The molecule has 7 heteroatoms. The van der Waals surface area contributed by atoms with Crippen LogP contribution in [-0.4, -0.2) is 22.2 Å². The van der Waals surface area contributed by atoms with E-state index in [4.69, 9.17) is 11.6 Å². The zero-order valence-electron chi connectivity index (χ0n) is 14.6. The van der Waals surface area contributed by atoms with Crippen molar-refractivity contribution in [3.05, 3.63) is 75.4 Å². The molecule has 0 spiro atoms. The van der Waals surface area contributed by atoms with Crippen LogP contribution in [0.25, 0.3) is 10.8 Å². The molecule has 0 aliphatic rings. The third kappa shape index (κ3) is 4.02. The van der Waals surface area contributed by atoms with Gasteiger partial charge in [0.1, 0.15) is 5.82 Å². The standard InChI is InChI=1S/C20H18ClFN2O3/c1-12(11-25)24-8-7-14-15(20(24)27)3-2-4-18(14)23-19(26)10-13-5-6-16(21)17(22)9-13/h2-9,12,25H,10-11H2,1H3,(H,23,26)/t12-/m1/s1. The number of rotatable bonds is 5. The molecule has 1 amide bonds. The molecule has 3 aromatic rings. The number of anilines is 1. The van der Waals surface area contributed by atoms with E-state index in [9.17, 15) is 19.1 Å². The second-order valence-electron chi connectivity index (χ2n) is 6.30. The minimum absolute atomic E-state index is 0.00148. The van der Waals surface area contributed by atoms with E-state index < -0.39 is 5.82 Å². The molecule has 0 radical (unpaired) electrons. The smallest absolute Gasteiger partial charge is 0.258 e. The number of carbonyl (C=O) groups excluding carboxylic acids is 1. The number of aliphatic hydroxyl groups excluding tert-OH is 1. The van der Waals surface area contributed by atoms with Gasteiger partial charge in [-0.1, -0.05) is 23.7 Å². The molecule has 1 heterocycles. The predicted octanol–water partition coefficient (Wildman–Crippen LogP) is 3.53. The highest BCUT2D eigenvalue weighted by atomic mass is 35.5. The van der Waals surface area contributed by atoms with Crippen molar-refractivity contribution in [2.45, 2.75) is 19.4 Å². The first-order chi connectivity index (χ1) is 12.9. The van der Waals surface area contributed by atoms with Gasteiger partial charge in [-0.3, -0.25) is 9.59 Å². The Balaban J connectivity index is 1.88. The van der Waals surface area contributed by atoms with E-state index in [0.29, 0.717) is 22.0 Å². The van der Waals surface area contributed by atoms with Crippen LogP contribution in [0.2, 0.25) is 5.02 Å². The lowest BCUT2D eigenvalue weighted by Gasteiger charge is -2.14. The number of hydrogen-bond donors (Lipinski definition) is 2. The van der Waals surface area contributed by atoms with Crippen LogP contribution in [0.4, 0.5) is 10.1 Å². The second-order valence-corrected chi connectivity index (χ2v) is 6.71. The van der Waals surface area contributed by atoms with Gasteiger partial charge < -0.3 is 15.0 Å². The van der Waals surface area contributed by atoms with E-state index >= 15 is 0 Å². The summed E-state index contributed by atoms with van der Waals surface area (Å²) in [5, 5.41) is 13.1. The highest BCUT2D eigenvalue weighted by Gasteiger charge is 2.12. The largest absolute Gasteiger partial charge is 0.394 e. The summed E-state index contributed by atoms with van der Waals surface area (Å²) in [6, 6.07) is 10.6. The molecule has 0 unspecified atom stereocenters. The summed E-state index contributed by atoms with van der Waals surface area (Å²) in [6.07, 6.45) is 1.57. The number of fused-ring (bicyclic) bond motifs is 1. The number of aromatic nitrogens is 1. The van der Waals surface area contributed by atoms with Crippen LogP contribution in [0, 0.1) is 5.82 Å². The van der Waals surface area contributed by atoms with Crippen LogP contribution >= 0.6 is 11.6 Å². The molecule has 0 fully saturated rings. The topological polar surface area (TPSA) is 71.3 Å². The Morgan fingerprint density at radius 2 is 2.04 bits per heavy atom. The first kappa shape index (κ1) is 19.1. The van der Waals surface area contributed by atoms with E-state index in [1.54, 1.807) is 43.5 Å². The van der Waals surface area contributed by atoms with Crippen LogP contribution in [0.5, 0.6) is 0 Å². The Hall–Kier alpha value is -2.70. The molecule has 3 rings (SSSR count). The van der Waals surface area contributed by atoms with E-state index in [-0.39, 0.29) is 35.6 Å². The number of amides is 1. The van der Waals surface area contributed by atoms with E-state index in [2.05, 4.69) is 5.32 Å². The number of benzene rings is 2. The second kappa shape index (κ2) is 7.90. The molecule has 5 nitrogen and oxygen atoms in total. The fourth-order valence-electron chi connectivity index (χ4n) is 2.87. The Morgan fingerprint density at radius 3 is 2.74 bits per heavy atom. The maximum atomic E-state index is 13.5. The molecule has 140 valence electrons. The van der Waals surface area contributed by atoms with Crippen LogP contribution in [0.15, 0.2) is 53.5 Å². The fraction of sp³-hybridized carbons (Fsp3) is 0.200. The summed E-state index contributed by atoms with van der Waals surface area (Å²) in [6.45, 7) is 1.59. The van der Waals surface area contributed by atoms with Gasteiger partial charge in [0, 0.05) is 22.7 Å². The number of pyridine rings is 1. The van der Waals surface area contributed by atoms with Crippen molar-refractivity contribution in [3.63, 3.8) is 0 Å². The molecule has 2 N–H and O–H groups in total. The quantitative estimate of drug-likeness (QED) is 0.702. The first-order valence-electron chi connectivity index (χ1n) is 8.39. The number of hydrogen-bond acceptors (Lipinski definition) is 3. The van der Waals surface area contributed by atoms with Crippen molar-refractivity contribution in [1.29, 1.82) is 0 Å². The maximum Gasteiger partial charge on any atom is 0.258 e. The van der Waals surface area contributed by atoms with Gasteiger partial charge in [-0.15, -0.1) is 0 Å². The normalized spacial score (nSPS) is 12.1. The molecule has 2 aromatic carbocycles. The van der Waals surface area contributed by atoms with E-state index in [0.717, 1.165) is 0 Å². The summed E-state index contributed by atoms with van der Waals surface area (Å²) in [5.41, 5.74) is 0.742. The number of nitrogens with zero attached hydrogens (tertiary/aromatic N) is 1. The van der Waals surface area contributed by atoms with E-state index in [1.807, 2.05) is 0 Å². The summed E-state index contributed by atoms with van der Waals surface area (Å²) < 4.78 is 15.0. The third-order valence-corrected chi connectivity index (χ3v) is 4.64. The van der Waals surface area contributed by atoms with Crippen LogP contribution in [-0.2, 0) is 11.2 Å².